The Balaban J connectivity index is 2.16. The predicted molar refractivity (Wildman–Crippen MR) is 56.5 cm³/mol. The van der Waals surface area contributed by atoms with E-state index < -0.39 is 0 Å². The van der Waals surface area contributed by atoms with Gasteiger partial charge in [0.05, 0.1) is 0 Å². The van der Waals surface area contributed by atoms with E-state index in [9.17, 15) is 0 Å². The predicted octanol–water partition coefficient (Wildman–Crippen LogP) is 1.92. The molecule has 0 amide bonds. The zero-order chi connectivity index (χ0) is 8.65. The van der Waals surface area contributed by atoms with Crippen molar-refractivity contribution in [2.75, 3.05) is 18.1 Å². The number of nitrogens with two attached hydrogens (primary N) is 1. The highest BCUT2D eigenvalue weighted by Crippen LogP contribution is 2.05. The summed E-state index contributed by atoms with van der Waals surface area (Å²) in [5.41, 5.74) is 6.81. The fraction of sp³-hybridized carbons (Fsp3) is 0.400. The third kappa shape index (κ3) is 3.79. The van der Waals surface area contributed by atoms with E-state index in [-0.39, 0.29) is 0 Å². The second-order valence-electron chi connectivity index (χ2n) is 2.64. The van der Waals surface area contributed by atoms with Crippen molar-refractivity contribution in [3.05, 3.63) is 35.9 Å². The quantitative estimate of drug-likeness (QED) is 0.702. The molecule has 0 atom stereocenters. The molecule has 1 aromatic rings. The Hall–Kier alpha value is -0.470. The van der Waals surface area contributed by atoms with Crippen LogP contribution < -0.4 is 5.73 Å². The van der Waals surface area contributed by atoms with Crippen molar-refractivity contribution in [3.63, 3.8) is 0 Å². The molecule has 0 saturated heterocycles. The first-order valence-corrected chi connectivity index (χ1v) is 5.40. The molecule has 0 fully saturated rings. The van der Waals surface area contributed by atoms with E-state index in [2.05, 4.69) is 30.3 Å². The Kier molecular flexibility index (Phi) is 4.88. The van der Waals surface area contributed by atoms with Crippen molar-refractivity contribution in [2.24, 2.45) is 5.73 Å². The van der Waals surface area contributed by atoms with Gasteiger partial charge < -0.3 is 5.73 Å². The number of hydrogen-bond acceptors (Lipinski definition) is 2. The van der Waals surface area contributed by atoms with Gasteiger partial charge in [0, 0.05) is 12.3 Å². The maximum Gasteiger partial charge on any atom is 0.00559 e. The van der Waals surface area contributed by atoms with Crippen LogP contribution in [-0.4, -0.2) is 18.1 Å². The van der Waals surface area contributed by atoms with E-state index in [1.165, 1.54) is 11.3 Å². The largest absolute Gasteiger partial charge is 0.330 e. The first kappa shape index (κ1) is 9.62. The van der Waals surface area contributed by atoms with Crippen LogP contribution in [0.15, 0.2) is 30.3 Å². The minimum absolute atomic E-state index is 0.791. The van der Waals surface area contributed by atoms with Crippen LogP contribution in [0, 0.1) is 0 Å². The van der Waals surface area contributed by atoms with Crippen LogP contribution in [0.3, 0.4) is 0 Å². The lowest BCUT2D eigenvalue weighted by atomic mass is 10.2. The highest BCUT2D eigenvalue weighted by Gasteiger charge is 1.90. The van der Waals surface area contributed by atoms with Crippen LogP contribution in [0.25, 0.3) is 0 Å². The maximum absolute atomic E-state index is 5.39. The van der Waals surface area contributed by atoms with Crippen molar-refractivity contribution in [3.8, 4) is 0 Å². The second kappa shape index (κ2) is 6.09. The van der Waals surface area contributed by atoms with Crippen molar-refractivity contribution in [1.29, 1.82) is 0 Å². The lowest BCUT2D eigenvalue weighted by Gasteiger charge is -1.99. The number of aryl methyl sites for hydroxylation is 1. The minimum Gasteiger partial charge on any atom is -0.330 e. The number of benzene rings is 1. The number of hydrogen-bond donors (Lipinski definition) is 1. The summed E-state index contributed by atoms with van der Waals surface area (Å²) in [5.74, 6) is 2.26. The van der Waals surface area contributed by atoms with E-state index in [1.54, 1.807) is 0 Å². The molecule has 0 radical (unpaired) electrons. The van der Waals surface area contributed by atoms with Crippen molar-refractivity contribution in [1.82, 2.24) is 0 Å². The van der Waals surface area contributed by atoms with Gasteiger partial charge in [0.15, 0.2) is 0 Å². The highest BCUT2D eigenvalue weighted by atomic mass is 32.2. The zero-order valence-electron chi connectivity index (χ0n) is 7.20. The van der Waals surface area contributed by atoms with E-state index in [4.69, 9.17) is 5.73 Å². The molecule has 0 heterocycles. The van der Waals surface area contributed by atoms with E-state index in [0.29, 0.717) is 0 Å². The highest BCUT2D eigenvalue weighted by molar-refractivity contribution is 7.99. The molecule has 1 rings (SSSR count). The van der Waals surface area contributed by atoms with Gasteiger partial charge in [-0.3, -0.25) is 0 Å². The Morgan fingerprint density at radius 3 is 2.50 bits per heavy atom. The Bertz CT molecular complexity index is 198. The van der Waals surface area contributed by atoms with Gasteiger partial charge in [-0.15, -0.1) is 0 Å². The maximum atomic E-state index is 5.39. The minimum atomic E-state index is 0.791. The molecule has 66 valence electrons. The number of thioether (sulfide) groups is 1. The summed E-state index contributed by atoms with van der Waals surface area (Å²) in [6, 6.07) is 10.6. The average molecular weight is 181 g/mol. The van der Waals surface area contributed by atoms with Gasteiger partial charge in [0.1, 0.15) is 0 Å². The molecule has 0 aromatic heterocycles. The molecule has 2 N–H and O–H groups in total. The first-order chi connectivity index (χ1) is 5.93. The SMILES string of the molecule is NCCSCCc1ccccc1. The van der Waals surface area contributed by atoms with Gasteiger partial charge in [-0.05, 0) is 17.7 Å². The summed E-state index contributed by atoms with van der Waals surface area (Å²) < 4.78 is 0. The first-order valence-electron chi connectivity index (χ1n) is 4.25. The molecule has 2 heteroatoms. The molecule has 0 aliphatic rings. The van der Waals surface area contributed by atoms with Crippen LogP contribution in [0.1, 0.15) is 5.56 Å². The third-order valence-corrected chi connectivity index (χ3v) is 2.66. The van der Waals surface area contributed by atoms with E-state index in [0.717, 1.165) is 18.7 Å². The summed E-state index contributed by atoms with van der Waals surface area (Å²) >= 11 is 1.92. The van der Waals surface area contributed by atoms with Gasteiger partial charge in [-0.1, -0.05) is 30.3 Å². The fourth-order valence-corrected chi connectivity index (χ4v) is 1.77. The fourth-order valence-electron chi connectivity index (χ4n) is 1.02. The van der Waals surface area contributed by atoms with E-state index in [1.807, 2.05) is 11.8 Å². The zero-order valence-corrected chi connectivity index (χ0v) is 8.02. The van der Waals surface area contributed by atoms with Crippen LogP contribution >= 0.6 is 11.8 Å². The Morgan fingerprint density at radius 2 is 1.83 bits per heavy atom. The molecular weight excluding hydrogens is 166 g/mol. The normalized spacial score (nSPS) is 10.1. The van der Waals surface area contributed by atoms with Crippen LogP contribution in [0.5, 0.6) is 0 Å². The molecule has 0 unspecified atom stereocenters. The van der Waals surface area contributed by atoms with Crippen LogP contribution in [0.2, 0.25) is 0 Å². The second-order valence-corrected chi connectivity index (χ2v) is 3.86. The van der Waals surface area contributed by atoms with Gasteiger partial charge >= 0.3 is 0 Å². The van der Waals surface area contributed by atoms with Crippen LogP contribution in [-0.2, 0) is 6.42 Å². The summed E-state index contributed by atoms with van der Waals surface area (Å²) in [6.07, 6.45) is 1.16. The molecule has 0 bridgehead atoms. The van der Waals surface area contributed by atoms with Crippen molar-refractivity contribution >= 4 is 11.8 Å². The average Bonchev–Trinajstić information content (AvgIpc) is 2.14. The van der Waals surface area contributed by atoms with Gasteiger partial charge in [-0.25, -0.2) is 0 Å². The van der Waals surface area contributed by atoms with Gasteiger partial charge in [0.25, 0.3) is 0 Å². The molecule has 1 nitrogen and oxygen atoms in total. The molecular formula is C10H15NS. The lowest BCUT2D eigenvalue weighted by molar-refractivity contribution is 1.12. The van der Waals surface area contributed by atoms with Gasteiger partial charge in [0.2, 0.25) is 0 Å². The van der Waals surface area contributed by atoms with Crippen LogP contribution in [0.4, 0.5) is 0 Å². The monoisotopic (exact) mass is 181 g/mol. The summed E-state index contributed by atoms with van der Waals surface area (Å²) in [7, 11) is 0. The molecule has 1 aromatic carbocycles. The summed E-state index contributed by atoms with van der Waals surface area (Å²) in [6.45, 7) is 0.791. The molecule has 0 saturated carbocycles. The standard InChI is InChI=1S/C10H15NS/c11-7-9-12-8-6-10-4-2-1-3-5-10/h1-5H,6-9,11H2. The van der Waals surface area contributed by atoms with Gasteiger partial charge in [-0.2, -0.15) is 11.8 Å². The molecule has 0 aliphatic heterocycles. The number of rotatable bonds is 5. The summed E-state index contributed by atoms with van der Waals surface area (Å²) in [5, 5.41) is 0. The Labute approximate surface area is 78.4 Å². The third-order valence-electron chi connectivity index (χ3n) is 1.64. The smallest absolute Gasteiger partial charge is 0.00559 e. The Morgan fingerprint density at radius 1 is 1.08 bits per heavy atom. The van der Waals surface area contributed by atoms with Crippen molar-refractivity contribution < 1.29 is 0 Å². The summed E-state index contributed by atoms with van der Waals surface area (Å²) in [4.78, 5) is 0. The van der Waals surface area contributed by atoms with Crippen molar-refractivity contribution in [2.45, 2.75) is 6.42 Å². The molecule has 12 heavy (non-hydrogen) atoms. The molecule has 0 aliphatic carbocycles. The van der Waals surface area contributed by atoms with E-state index >= 15 is 0 Å². The lowest BCUT2D eigenvalue weighted by Crippen LogP contribution is -2.02. The topological polar surface area (TPSA) is 26.0 Å². The molecule has 0 spiro atoms.